The van der Waals surface area contributed by atoms with Gasteiger partial charge in [0.2, 0.25) is 5.69 Å². The third kappa shape index (κ3) is 2.97. The Hall–Kier alpha value is -2.15. The number of fused-ring (bicyclic) bond motifs is 1. The molecule has 0 bridgehead atoms. The van der Waals surface area contributed by atoms with Gasteiger partial charge in [0.15, 0.2) is 6.20 Å². The van der Waals surface area contributed by atoms with Crippen LogP contribution in [-0.4, -0.2) is 0 Å². The first-order valence-corrected chi connectivity index (χ1v) is 9.54. The molecule has 4 rings (SSSR count). The van der Waals surface area contributed by atoms with Crippen LogP contribution in [0.4, 0.5) is 0 Å². The van der Waals surface area contributed by atoms with E-state index in [1.165, 1.54) is 70.0 Å². The predicted octanol–water partition coefficient (Wildman–Crippen LogP) is 5.91. The summed E-state index contributed by atoms with van der Waals surface area (Å²) in [5.74, 6) is 0.768. The van der Waals surface area contributed by atoms with E-state index in [1.807, 2.05) is 0 Å². The minimum Gasteiger partial charge on any atom is -0.200 e. The molecule has 0 radical (unpaired) electrons. The van der Waals surface area contributed by atoms with Crippen LogP contribution in [-0.2, 0) is 7.05 Å². The molecule has 0 atom stereocenters. The van der Waals surface area contributed by atoms with Gasteiger partial charge in [-0.25, -0.2) is 4.57 Å². The summed E-state index contributed by atoms with van der Waals surface area (Å²) in [4.78, 5) is 0. The molecule has 0 amide bonds. The van der Waals surface area contributed by atoms with E-state index in [9.17, 15) is 0 Å². The van der Waals surface area contributed by atoms with Gasteiger partial charge in [0.05, 0.1) is 0 Å². The van der Waals surface area contributed by atoms with Gasteiger partial charge in [-0.1, -0.05) is 36.6 Å². The van der Waals surface area contributed by atoms with Gasteiger partial charge in [0.25, 0.3) is 0 Å². The van der Waals surface area contributed by atoms with Crippen molar-refractivity contribution in [2.24, 2.45) is 7.05 Å². The van der Waals surface area contributed by atoms with Crippen molar-refractivity contribution in [2.45, 2.75) is 52.4 Å². The molecule has 1 aliphatic carbocycles. The van der Waals surface area contributed by atoms with Crippen LogP contribution < -0.4 is 4.57 Å². The highest BCUT2D eigenvalue weighted by atomic mass is 14.9. The molecular weight excluding hydrogens is 302 g/mol. The van der Waals surface area contributed by atoms with Gasteiger partial charge >= 0.3 is 0 Å². The maximum absolute atomic E-state index is 2.44. The number of hydrogen-bond acceptors (Lipinski definition) is 0. The van der Waals surface area contributed by atoms with Crippen molar-refractivity contribution in [1.29, 1.82) is 0 Å². The fourth-order valence-corrected chi connectivity index (χ4v) is 4.45. The second kappa shape index (κ2) is 6.29. The lowest BCUT2D eigenvalue weighted by atomic mass is 9.93. The van der Waals surface area contributed by atoms with Gasteiger partial charge in [0, 0.05) is 17.0 Å². The first kappa shape index (κ1) is 16.3. The lowest BCUT2D eigenvalue weighted by Crippen LogP contribution is -2.30. The molecular formula is C24H28N+. The maximum Gasteiger partial charge on any atom is 0.213 e. The van der Waals surface area contributed by atoms with Crippen LogP contribution in [0.15, 0.2) is 42.6 Å². The zero-order chi connectivity index (χ0) is 17.6. The second-order valence-corrected chi connectivity index (χ2v) is 7.89. The summed E-state index contributed by atoms with van der Waals surface area (Å²) in [5, 5.41) is 2.70. The van der Waals surface area contributed by atoms with E-state index in [-0.39, 0.29) is 0 Å². The molecule has 128 valence electrons. The molecule has 25 heavy (non-hydrogen) atoms. The Bertz CT molecular complexity index is 946. The lowest BCUT2D eigenvalue weighted by molar-refractivity contribution is -0.659. The highest BCUT2D eigenvalue weighted by molar-refractivity contribution is 5.85. The van der Waals surface area contributed by atoms with Crippen LogP contribution in [0.25, 0.3) is 22.0 Å². The van der Waals surface area contributed by atoms with E-state index in [0.717, 1.165) is 5.92 Å². The van der Waals surface area contributed by atoms with E-state index in [2.05, 4.69) is 75.0 Å². The van der Waals surface area contributed by atoms with Crippen LogP contribution >= 0.6 is 0 Å². The standard InChI is InChI=1S/C24H28N/c1-16-11-17(2)18(3)23(12-16)24-14-22-13-20(19-7-5-6-8-19)9-10-21(22)15-25(24)4/h9-15,19H,5-8H2,1-4H3/q+1. The predicted molar refractivity (Wildman–Crippen MR) is 106 cm³/mol. The third-order valence-corrected chi connectivity index (χ3v) is 6.03. The van der Waals surface area contributed by atoms with Gasteiger partial charge in [-0.15, -0.1) is 0 Å². The SMILES string of the molecule is Cc1cc(C)c(C)c(-c2cc3cc(C4CCCC4)ccc3c[n+]2C)c1. The summed E-state index contributed by atoms with van der Waals surface area (Å²) in [7, 11) is 2.16. The van der Waals surface area contributed by atoms with Crippen LogP contribution in [0.5, 0.6) is 0 Å². The molecule has 0 unspecified atom stereocenters. The molecule has 0 saturated heterocycles. The molecule has 1 heteroatoms. The monoisotopic (exact) mass is 330 g/mol. The van der Waals surface area contributed by atoms with Crippen LogP contribution in [0, 0.1) is 20.8 Å². The molecule has 1 heterocycles. The van der Waals surface area contributed by atoms with E-state index < -0.39 is 0 Å². The van der Waals surface area contributed by atoms with E-state index >= 15 is 0 Å². The highest BCUT2D eigenvalue weighted by Crippen LogP contribution is 2.35. The van der Waals surface area contributed by atoms with Crippen LogP contribution in [0.2, 0.25) is 0 Å². The van der Waals surface area contributed by atoms with Gasteiger partial charge in [-0.2, -0.15) is 0 Å². The minimum absolute atomic E-state index is 0.768. The summed E-state index contributed by atoms with van der Waals surface area (Å²) in [6, 6.07) is 14.1. The van der Waals surface area contributed by atoms with Crippen molar-refractivity contribution in [3.63, 3.8) is 0 Å². The Balaban J connectivity index is 1.88. The summed E-state index contributed by atoms with van der Waals surface area (Å²) >= 11 is 0. The zero-order valence-electron chi connectivity index (χ0n) is 15.9. The number of nitrogens with zero attached hydrogens (tertiary/aromatic N) is 1. The fourth-order valence-electron chi connectivity index (χ4n) is 4.45. The Morgan fingerprint density at radius 2 is 1.64 bits per heavy atom. The van der Waals surface area contributed by atoms with Gasteiger partial charge in [-0.05, 0) is 73.7 Å². The molecule has 3 aromatic rings. The highest BCUT2D eigenvalue weighted by Gasteiger charge is 2.19. The molecule has 1 saturated carbocycles. The van der Waals surface area contributed by atoms with E-state index in [4.69, 9.17) is 0 Å². The number of hydrogen-bond donors (Lipinski definition) is 0. The van der Waals surface area contributed by atoms with Crippen molar-refractivity contribution >= 4 is 10.8 Å². The Morgan fingerprint density at radius 1 is 0.880 bits per heavy atom. The molecule has 2 aromatic carbocycles. The molecule has 0 aliphatic heterocycles. The summed E-state index contributed by atoms with van der Waals surface area (Å²) in [5.41, 5.74) is 8.27. The van der Waals surface area contributed by atoms with E-state index in [1.54, 1.807) is 0 Å². The third-order valence-electron chi connectivity index (χ3n) is 6.03. The molecule has 1 aromatic heterocycles. The van der Waals surface area contributed by atoms with Gasteiger partial charge in [0.1, 0.15) is 7.05 Å². The number of benzene rings is 2. The largest absolute Gasteiger partial charge is 0.213 e. The first-order valence-electron chi connectivity index (χ1n) is 9.54. The summed E-state index contributed by atoms with van der Waals surface area (Å²) in [6.07, 6.45) is 7.77. The minimum atomic E-state index is 0.768. The number of rotatable bonds is 2. The molecule has 1 nitrogen and oxygen atoms in total. The van der Waals surface area contributed by atoms with Crippen molar-refractivity contribution < 1.29 is 4.57 Å². The molecule has 1 aliphatic rings. The maximum atomic E-state index is 2.44. The fraction of sp³-hybridized carbons (Fsp3) is 0.375. The topological polar surface area (TPSA) is 3.88 Å². The van der Waals surface area contributed by atoms with Gasteiger partial charge < -0.3 is 0 Å². The number of pyridine rings is 1. The molecule has 0 N–H and O–H groups in total. The lowest BCUT2D eigenvalue weighted by Gasteiger charge is -2.12. The average molecular weight is 330 g/mol. The molecule has 0 spiro atoms. The van der Waals surface area contributed by atoms with Crippen molar-refractivity contribution in [3.8, 4) is 11.3 Å². The molecule has 1 fully saturated rings. The summed E-state index contributed by atoms with van der Waals surface area (Å²) < 4.78 is 2.28. The van der Waals surface area contributed by atoms with Crippen molar-refractivity contribution in [2.75, 3.05) is 0 Å². The zero-order valence-corrected chi connectivity index (χ0v) is 15.9. The second-order valence-electron chi connectivity index (χ2n) is 7.89. The number of aryl methyl sites for hydroxylation is 3. The number of aromatic nitrogens is 1. The summed E-state index contributed by atoms with van der Waals surface area (Å²) in [6.45, 7) is 6.64. The van der Waals surface area contributed by atoms with Gasteiger partial charge in [-0.3, -0.25) is 0 Å². The average Bonchev–Trinajstić information content (AvgIpc) is 3.12. The smallest absolute Gasteiger partial charge is 0.200 e. The van der Waals surface area contributed by atoms with Crippen LogP contribution in [0.3, 0.4) is 0 Å². The Morgan fingerprint density at radius 3 is 2.40 bits per heavy atom. The Kier molecular flexibility index (Phi) is 4.11. The quantitative estimate of drug-likeness (QED) is 0.514. The normalized spacial score (nSPS) is 15.2. The van der Waals surface area contributed by atoms with Crippen molar-refractivity contribution in [1.82, 2.24) is 0 Å². The van der Waals surface area contributed by atoms with E-state index in [0.29, 0.717) is 0 Å². The van der Waals surface area contributed by atoms with Crippen molar-refractivity contribution in [3.05, 3.63) is 64.8 Å². The Labute approximate surface area is 151 Å². The first-order chi connectivity index (χ1) is 12.0. The van der Waals surface area contributed by atoms with Crippen LogP contribution in [0.1, 0.15) is 53.9 Å².